The second-order valence-electron chi connectivity index (χ2n) is 8.33. The quantitative estimate of drug-likeness (QED) is 0.167. The van der Waals surface area contributed by atoms with Gasteiger partial charge >= 0.3 is 5.97 Å². The van der Waals surface area contributed by atoms with Crippen LogP contribution in [0, 0.1) is 33.8 Å². The van der Waals surface area contributed by atoms with Crippen molar-refractivity contribution in [2.45, 2.75) is 6.42 Å². The number of hydrogen-bond donors (Lipinski definition) is 0. The van der Waals surface area contributed by atoms with Crippen LogP contribution in [0.25, 0.3) is 0 Å². The van der Waals surface area contributed by atoms with Gasteiger partial charge in [-0.3, -0.25) is 24.5 Å². The van der Waals surface area contributed by atoms with Crippen molar-refractivity contribution in [3.63, 3.8) is 0 Å². The van der Waals surface area contributed by atoms with Crippen LogP contribution in [0.15, 0.2) is 60.7 Å². The SMILES string of the molecule is O=C(COC(=O)c1ccccc1N1C(=O)[C@@H]2[C@H](C1=O)[C@@H]1C=C[C@H]2C1)c1ccc([N+](=O)[O-])cc1. The molecule has 9 nitrogen and oxygen atoms in total. The molecule has 0 N–H and O–H groups in total. The summed E-state index contributed by atoms with van der Waals surface area (Å²) >= 11 is 0. The Balaban J connectivity index is 1.32. The molecule has 0 radical (unpaired) electrons. The highest BCUT2D eigenvalue weighted by Gasteiger charge is 2.59. The van der Waals surface area contributed by atoms with Crippen LogP contribution in [0.5, 0.6) is 0 Å². The van der Waals surface area contributed by atoms with E-state index >= 15 is 0 Å². The third-order valence-electron chi connectivity index (χ3n) is 6.57. The van der Waals surface area contributed by atoms with Gasteiger partial charge in [-0.1, -0.05) is 24.3 Å². The van der Waals surface area contributed by atoms with Crippen LogP contribution in [0.1, 0.15) is 27.1 Å². The summed E-state index contributed by atoms with van der Waals surface area (Å²) in [6, 6.07) is 11.1. The molecule has 9 heteroatoms. The molecule has 2 aliphatic carbocycles. The van der Waals surface area contributed by atoms with Crippen LogP contribution in [-0.2, 0) is 14.3 Å². The molecule has 2 aromatic carbocycles. The summed E-state index contributed by atoms with van der Waals surface area (Å²) in [7, 11) is 0. The van der Waals surface area contributed by atoms with E-state index in [2.05, 4.69) is 0 Å². The molecule has 33 heavy (non-hydrogen) atoms. The Bertz CT molecular complexity index is 1200. The van der Waals surface area contributed by atoms with Crippen LogP contribution in [0.3, 0.4) is 0 Å². The summed E-state index contributed by atoms with van der Waals surface area (Å²) in [5.41, 5.74) is 0.151. The minimum absolute atomic E-state index is 0.0102. The Morgan fingerprint density at radius 3 is 2.18 bits per heavy atom. The second-order valence-corrected chi connectivity index (χ2v) is 8.33. The highest BCUT2D eigenvalue weighted by molar-refractivity contribution is 6.24. The standard InChI is InChI=1S/C24H18N2O7/c27-19(13-7-9-16(10-8-13)26(31)32)12-33-24(30)17-3-1-2-4-18(17)25-22(28)20-14-5-6-15(11-14)21(20)23(25)29/h1-10,14-15,20-21H,11-12H2/t14-,15+,20-,21+. The molecule has 1 saturated heterocycles. The van der Waals surface area contributed by atoms with Gasteiger partial charge in [0.05, 0.1) is 28.0 Å². The number of para-hydroxylation sites is 1. The lowest BCUT2D eigenvalue weighted by Gasteiger charge is -2.19. The lowest BCUT2D eigenvalue weighted by Crippen LogP contribution is -2.34. The van der Waals surface area contributed by atoms with E-state index in [4.69, 9.17) is 4.74 Å². The van der Waals surface area contributed by atoms with E-state index in [-0.39, 0.29) is 46.2 Å². The Kier molecular flexibility index (Phi) is 4.88. The summed E-state index contributed by atoms with van der Waals surface area (Å²) in [5.74, 6) is -2.74. The van der Waals surface area contributed by atoms with Crippen molar-refractivity contribution in [2.75, 3.05) is 11.5 Å². The first-order valence-corrected chi connectivity index (χ1v) is 10.5. The Morgan fingerprint density at radius 1 is 0.970 bits per heavy atom. The van der Waals surface area contributed by atoms with E-state index < -0.39 is 35.1 Å². The molecule has 1 heterocycles. The van der Waals surface area contributed by atoms with Crippen molar-refractivity contribution in [3.8, 4) is 0 Å². The van der Waals surface area contributed by atoms with Crippen molar-refractivity contribution in [2.24, 2.45) is 23.7 Å². The van der Waals surface area contributed by atoms with Crippen molar-refractivity contribution in [1.82, 2.24) is 0 Å². The molecule has 4 atom stereocenters. The molecule has 5 rings (SSSR count). The number of fused-ring (bicyclic) bond motifs is 5. The molecule has 2 fully saturated rings. The molecule has 166 valence electrons. The lowest BCUT2D eigenvalue weighted by atomic mass is 9.85. The summed E-state index contributed by atoms with van der Waals surface area (Å²) < 4.78 is 5.16. The number of esters is 1. The van der Waals surface area contributed by atoms with E-state index in [1.54, 1.807) is 12.1 Å². The number of ketones is 1. The summed E-state index contributed by atoms with van der Waals surface area (Å²) in [5, 5.41) is 10.7. The number of ether oxygens (including phenoxy) is 1. The fourth-order valence-electron chi connectivity index (χ4n) is 5.04. The Hall–Kier alpha value is -4.14. The third-order valence-corrected chi connectivity index (χ3v) is 6.57. The van der Waals surface area contributed by atoms with Crippen LogP contribution >= 0.6 is 0 Å². The van der Waals surface area contributed by atoms with Crippen molar-refractivity contribution >= 4 is 34.9 Å². The van der Waals surface area contributed by atoms with Gasteiger partial charge in [0.2, 0.25) is 11.8 Å². The van der Waals surface area contributed by atoms with E-state index in [1.165, 1.54) is 36.4 Å². The number of allylic oxidation sites excluding steroid dienone is 2. The maximum atomic E-state index is 13.1. The lowest BCUT2D eigenvalue weighted by molar-refractivity contribution is -0.384. The molecule has 1 aliphatic heterocycles. The average molecular weight is 446 g/mol. The summed E-state index contributed by atoms with van der Waals surface area (Å²) in [4.78, 5) is 62.6. The number of anilines is 1. The second kappa shape index (κ2) is 7.77. The molecule has 2 aromatic rings. The smallest absolute Gasteiger partial charge is 0.340 e. The monoisotopic (exact) mass is 446 g/mol. The van der Waals surface area contributed by atoms with Gasteiger partial charge in [-0.05, 0) is 42.5 Å². The number of amides is 2. The zero-order valence-electron chi connectivity index (χ0n) is 17.2. The fraction of sp³-hybridized carbons (Fsp3) is 0.250. The van der Waals surface area contributed by atoms with Crippen LogP contribution in [0.2, 0.25) is 0 Å². The van der Waals surface area contributed by atoms with Crippen LogP contribution < -0.4 is 4.90 Å². The number of Topliss-reactive ketones (excluding diaryl/α,β-unsaturated/α-hetero) is 1. The molecule has 3 aliphatic rings. The molecule has 2 bridgehead atoms. The highest BCUT2D eigenvalue weighted by Crippen LogP contribution is 2.53. The number of nitrogens with zero attached hydrogens (tertiary/aromatic N) is 2. The van der Waals surface area contributed by atoms with Crippen LogP contribution in [-0.4, -0.2) is 35.1 Å². The number of non-ortho nitro benzene ring substituents is 1. The topological polar surface area (TPSA) is 124 Å². The first-order valence-electron chi connectivity index (χ1n) is 10.5. The largest absolute Gasteiger partial charge is 0.454 e. The first kappa shape index (κ1) is 20.7. The van der Waals surface area contributed by atoms with Gasteiger partial charge in [-0.2, -0.15) is 0 Å². The maximum absolute atomic E-state index is 13.1. The molecule has 1 saturated carbocycles. The number of nitro benzene ring substituents is 1. The number of hydrogen-bond acceptors (Lipinski definition) is 7. The number of carbonyl (C=O) groups excluding carboxylic acids is 4. The van der Waals surface area contributed by atoms with Gasteiger partial charge in [0.15, 0.2) is 12.4 Å². The van der Waals surface area contributed by atoms with Crippen molar-refractivity contribution < 1.29 is 28.8 Å². The number of benzene rings is 2. The van der Waals surface area contributed by atoms with E-state index in [9.17, 15) is 29.3 Å². The maximum Gasteiger partial charge on any atom is 0.340 e. The molecular formula is C24H18N2O7. The van der Waals surface area contributed by atoms with Gasteiger partial charge < -0.3 is 4.74 Å². The number of carbonyl (C=O) groups is 4. The van der Waals surface area contributed by atoms with Crippen molar-refractivity contribution in [3.05, 3.63) is 81.9 Å². The molecular weight excluding hydrogens is 428 g/mol. The van der Waals surface area contributed by atoms with E-state index in [1.807, 2.05) is 12.2 Å². The zero-order chi connectivity index (χ0) is 23.3. The minimum atomic E-state index is -0.848. The minimum Gasteiger partial charge on any atom is -0.454 e. The van der Waals surface area contributed by atoms with Crippen molar-refractivity contribution in [1.29, 1.82) is 0 Å². The summed E-state index contributed by atoms with van der Waals surface area (Å²) in [6.07, 6.45) is 4.78. The van der Waals surface area contributed by atoms with Gasteiger partial charge in [0.25, 0.3) is 5.69 Å². The van der Waals surface area contributed by atoms with Gasteiger partial charge in [-0.15, -0.1) is 0 Å². The average Bonchev–Trinajstić information content (AvgIpc) is 3.51. The van der Waals surface area contributed by atoms with Gasteiger partial charge in [-0.25, -0.2) is 9.69 Å². The van der Waals surface area contributed by atoms with Crippen LogP contribution in [0.4, 0.5) is 11.4 Å². The van der Waals surface area contributed by atoms with Gasteiger partial charge in [0, 0.05) is 17.7 Å². The number of imide groups is 1. The Morgan fingerprint density at radius 2 is 1.58 bits per heavy atom. The molecule has 0 aromatic heterocycles. The summed E-state index contributed by atoms with van der Waals surface area (Å²) in [6.45, 7) is -0.591. The molecule has 0 spiro atoms. The predicted molar refractivity (Wildman–Crippen MR) is 114 cm³/mol. The highest BCUT2D eigenvalue weighted by atomic mass is 16.6. The number of nitro groups is 1. The fourth-order valence-corrected chi connectivity index (χ4v) is 5.04. The van der Waals surface area contributed by atoms with E-state index in [0.29, 0.717) is 0 Å². The van der Waals surface area contributed by atoms with E-state index in [0.717, 1.165) is 11.3 Å². The zero-order valence-corrected chi connectivity index (χ0v) is 17.2. The first-order chi connectivity index (χ1) is 15.9. The normalized spacial score (nSPS) is 24.8. The molecule has 0 unspecified atom stereocenters. The number of rotatable bonds is 6. The molecule has 2 amide bonds. The predicted octanol–water partition coefficient (Wildman–Crippen LogP) is 2.95. The Labute approximate surface area is 187 Å². The van der Waals surface area contributed by atoms with Gasteiger partial charge in [0.1, 0.15) is 0 Å². The third kappa shape index (κ3) is 3.32.